The molecule has 0 radical (unpaired) electrons. The van der Waals surface area contributed by atoms with Crippen molar-refractivity contribution in [1.29, 1.82) is 0 Å². The predicted molar refractivity (Wildman–Crippen MR) is 157 cm³/mol. The minimum absolute atomic E-state index is 0.196. The van der Waals surface area contributed by atoms with Crippen molar-refractivity contribution in [3.63, 3.8) is 0 Å². The summed E-state index contributed by atoms with van der Waals surface area (Å²) < 4.78 is 11.6. The standard InChI is InChI=1S/C29H39ClN8O2/c1-3-39-25-19-22(27(30)26(20-25)40-4-2)21-36-17-9-24(10-18-36)38(29-34-13-6-14-35-29)37(23-7-15-31-16-8-23)28-32-11-5-12-33-28/h5-6,11-14,19-20,23-24,31H,3-4,7-10,15-18,21H2,1-2H3. The Bertz CT molecular complexity index is 1190. The van der Waals surface area contributed by atoms with E-state index in [0.29, 0.717) is 35.9 Å². The molecule has 0 spiro atoms. The number of rotatable bonds is 11. The number of aromatic nitrogens is 4. The van der Waals surface area contributed by atoms with Crippen LogP contribution in [0.25, 0.3) is 0 Å². The molecule has 2 saturated heterocycles. The van der Waals surface area contributed by atoms with E-state index in [1.807, 2.05) is 38.1 Å². The van der Waals surface area contributed by atoms with Gasteiger partial charge in [-0.2, -0.15) is 0 Å². The molecule has 1 aromatic carbocycles. The first-order valence-electron chi connectivity index (χ1n) is 14.3. The minimum Gasteiger partial charge on any atom is -0.494 e. The van der Waals surface area contributed by atoms with Crippen LogP contribution in [0.15, 0.2) is 49.1 Å². The van der Waals surface area contributed by atoms with E-state index in [2.05, 4.69) is 30.2 Å². The molecule has 2 aromatic heterocycles. The number of piperidine rings is 2. The Labute approximate surface area is 241 Å². The van der Waals surface area contributed by atoms with Gasteiger partial charge in [-0.05, 0) is 76.4 Å². The zero-order valence-electron chi connectivity index (χ0n) is 23.4. The number of likely N-dealkylation sites (tertiary alicyclic amines) is 1. The van der Waals surface area contributed by atoms with E-state index < -0.39 is 0 Å². The van der Waals surface area contributed by atoms with Crippen LogP contribution in [0.4, 0.5) is 11.9 Å². The molecule has 4 heterocycles. The van der Waals surface area contributed by atoms with Gasteiger partial charge in [0.1, 0.15) is 11.5 Å². The quantitative estimate of drug-likeness (QED) is 0.337. The maximum atomic E-state index is 6.78. The highest BCUT2D eigenvalue weighted by Gasteiger charge is 2.36. The summed E-state index contributed by atoms with van der Waals surface area (Å²) in [5.74, 6) is 2.83. The van der Waals surface area contributed by atoms with Gasteiger partial charge >= 0.3 is 0 Å². The molecule has 11 heteroatoms. The Kier molecular flexibility index (Phi) is 9.85. The molecule has 2 aliphatic heterocycles. The van der Waals surface area contributed by atoms with Gasteiger partial charge in [-0.3, -0.25) is 4.90 Å². The maximum Gasteiger partial charge on any atom is 0.244 e. The Morgan fingerprint density at radius 1 is 0.825 bits per heavy atom. The molecule has 40 heavy (non-hydrogen) atoms. The Hall–Kier alpha value is -3.21. The highest BCUT2D eigenvalue weighted by molar-refractivity contribution is 6.32. The summed E-state index contributed by atoms with van der Waals surface area (Å²) in [5, 5.41) is 8.66. The molecule has 10 nitrogen and oxygen atoms in total. The molecular weight excluding hydrogens is 528 g/mol. The molecule has 0 unspecified atom stereocenters. The second kappa shape index (κ2) is 13.9. The molecule has 0 aliphatic carbocycles. The fourth-order valence-electron chi connectivity index (χ4n) is 5.56. The third kappa shape index (κ3) is 6.74. The van der Waals surface area contributed by atoms with E-state index in [1.165, 1.54) is 0 Å². The first kappa shape index (κ1) is 28.3. The average Bonchev–Trinajstić information content (AvgIpc) is 3.00. The second-order valence-corrected chi connectivity index (χ2v) is 10.4. The third-order valence-corrected chi connectivity index (χ3v) is 7.83. The molecule has 0 amide bonds. The van der Waals surface area contributed by atoms with Gasteiger partial charge in [0.05, 0.1) is 30.3 Å². The molecule has 2 fully saturated rings. The molecule has 214 valence electrons. The van der Waals surface area contributed by atoms with Crippen molar-refractivity contribution < 1.29 is 9.47 Å². The monoisotopic (exact) mass is 566 g/mol. The SMILES string of the molecule is CCOc1cc(CN2CCC(N(c3ncccn3)N(c3ncccn3)C3CCNCC3)CC2)c(Cl)c(OCC)c1. The fourth-order valence-corrected chi connectivity index (χ4v) is 5.78. The van der Waals surface area contributed by atoms with Crippen molar-refractivity contribution in [1.82, 2.24) is 30.2 Å². The lowest BCUT2D eigenvalue weighted by Gasteiger charge is -2.47. The van der Waals surface area contributed by atoms with Crippen LogP contribution in [0.5, 0.6) is 11.5 Å². The highest BCUT2D eigenvalue weighted by Crippen LogP contribution is 2.35. The maximum absolute atomic E-state index is 6.78. The van der Waals surface area contributed by atoms with Crippen molar-refractivity contribution in [2.24, 2.45) is 0 Å². The van der Waals surface area contributed by atoms with Crippen molar-refractivity contribution in [2.75, 3.05) is 49.4 Å². The van der Waals surface area contributed by atoms with Crippen LogP contribution in [0, 0.1) is 0 Å². The fraction of sp³-hybridized carbons (Fsp3) is 0.517. The molecule has 0 bridgehead atoms. The van der Waals surface area contributed by atoms with Crippen LogP contribution in [0.1, 0.15) is 45.1 Å². The predicted octanol–water partition coefficient (Wildman–Crippen LogP) is 4.36. The van der Waals surface area contributed by atoms with E-state index in [4.69, 9.17) is 31.0 Å². The molecule has 3 aromatic rings. The minimum atomic E-state index is 0.196. The number of anilines is 2. The zero-order chi connectivity index (χ0) is 27.7. The number of hydrazine groups is 1. The summed E-state index contributed by atoms with van der Waals surface area (Å²) in [7, 11) is 0. The molecule has 1 N–H and O–H groups in total. The summed E-state index contributed by atoms with van der Waals surface area (Å²) in [6.45, 7) is 9.55. The molecule has 0 saturated carbocycles. The smallest absolute Gasteiger partial charge is 0.244 e. The topological polar surface area (TPSA) is 91.8 Å². The third-order valence-electron chi connectivity index (χ3n) is 7.40. The largest absolute Gasteiger partial charge is 0.494 e. The van der Waals surface area contributed by atoms with Gasteiger partial charge in [-0.25, -0.2) is 30.0 Å². The van der Waals surface area contributed by atoms with Crippen LogP contribution >= 0.6 is 11.6 Å². The van der Waals surface area contributed by atoms with Gasteiger partial charge in [0.15, 0.2) is 0 Å². The number of nitrogens with one attached hydrogen (secondary N) is 1. The Balaban J connectivity index is 1.37. The summed E-state index contributed by atoms with van der Waals surface area (Å²) in [4.78, 5) is 21.2. The number of ether oxygens (including phenoxy) is 2. The first-order valence-corrected chi connectivity index (χ1v) is 14.7. The summed E-state index contributed by atoms with van der Waals surface area (Å²) in [5.41, 5.74) is 1.02. The van der Waals surface area contributed by atoms with Crippen LogP contribution in [0.3, 0.4) is 0 Å². The van der Waals surface area contributed by atoms with E-state index in [0.717, 1.165) is 69.7 Å². The van der Waals surface area contributed by atoms with Gasteiger partial charge in [0, 0.05) is 50.5 Å². The number of nitrogens with zero attached hydrogens (tertiary/aromatic N) is 7. The average molecular weight is 567 g/mol. The van der Waals surface area contributed by atoms with E-state index in [9.17, 15) is 0 Å². The molecule has 5 rings (SSSR count). The molecule has 0 atom stereocenters. The van der Waals surface area contributed by atoms with Gasteiger partial charge in [0.2, 0.25) is 11.9 Å². The van der Waals surface area contributed by atoms with Crippen molar-refractivity contribution >= 4 is 23.5 Å². The van der Waals surface area contributed by atoms with Crippen molar-refractivity contribution in [3.05, 3.63) is 59.6 Å². The van der Waals surface area contributed by atoms with Crippen LogP contribution < -0.4 is 24.8 Å². The summed E-state index contributed by atoms with van der Waals surface area (Å²) >= 11 is 6.78. The second-order valence-electron chi connectivity index (χ2n) is 10.0. The number of halogens is 1. The van der Waals surface area contributed by atoms with E-state index >= 15 is 0 Å². The van der Waals surface area contributed by atoms with Crippen LogP contribution in [-0.2, 0) is 6.54 Å². The van der Waals surface area contributed by atoms with Crippen molar-refractivity contribution in [3.8, 4) is 11.5 Å². The van der Waals surface area contributed by atoms with Gasteiger partial charge in [0.25, 0.3) is 0 Å². The number of hydrogen-bond donors (Lipinski definition) is 1. The number of benzene rings is 1. The lowest BCUT2D eigenvalue weighted by atomic mass is 10.0. The Morgan fingerprint density at radius 3 is 1.93 bits per heavy atom. The first-order chi connectivity index (χ1) is 19.7. The normalized spacial score (nSPS) is 17.0. The van der Waals surface area contributed by atoms with Gasteiger partial charge in [-0.1, -0.05) is 11.6 Å². The van der Waals surface area contributed by atoms with E-state index in [-0.39, 0.29) is 12.1 Å². The van der Waals surface area contributed by atoms with Crippen molar-refractivity contribution in [2.45, 2.75) is 58.2 Å². The Morgan fingerprint density at radius 2 is 1.38 bits per heavy atom. The van der Waals surface area contributed by atoms with Crippen LogP contribution in [0.2, 0.25) is 5.02 Å². The van der Waals surface area contributed by atoms with Crippen LogP contribution in [-0.4, -0.2) is 76.3 Å². The van der Waals surface area contributed by atoms with E-state index in [1.54, 1.807) is 24.8 Å². The highest BCUT2D eigenvalue weighted by atomic mass is 35.5. The zero-order valence-corrected chi connectivity index (χ0v) is 24.1. The summed E-state index contributed by atoms with van der Waals surface area (Å²) in [6.07, 6.45) is 11.1. The molecular formula is C29H39ClN8O2. The van der Waals surface area contributed by atoms with Gasteiger partial charge in [-0.15, -0.1) is 0 Å². The lowest BCUT2D eigenvalue weighted by Crippen LogP contribution is -2.59. The van der Waals surface area contributed by atoms with Gasteiger partial charge < -0.3 is 14.8 Å². The summed E-state index contributed by atoms with van der Waals surface area (Å²) in [6, 6.07) is 8.08. The molecule has 2 aliphatic rings. The lowest BCUT2D eigenvalue weighted by molar-refractivity contribution is 0.196. The number of hydrogen-bond acceptors (Lipinski definition) is 10.